The van der Waals surface area contributed by atoms with E-state index < -0.39 is 5.97 Å². The summed E-state index contributed by atoms with van der Waals surface area (Å²) in [6, 6.07) is 10.6. The number of hydrogen-bond acceptors (Lipinski definition) is 6. The van der Waals surface area contributed by atoms with Crippen molar-refractivity contribution in [2.24, 2.45) is 0 Å². The van der Waals surface area contributed by atoms with E-state index in [9.17, 15) is 14.4 Å². The van der Waals surface area contributed by atoms with Gasteiger partial charge in [-0.15, -0.1) is 0 Å². The Balaban J connectivity index is 1.50. The molecule has 0 amide bonds. The number of Topliss-reactive ketones (excluding diaryl/α,β-unsaturated/α-hetero) is 2. The number of benzene rings is 2. The molecule has 0 saturated heterocycles. The van der Waals surface area contributed by atoms with Gasteiger partial charge in [0.15, 0.2) is 23.9 Å². The minimum absolute atomic E-state index is 0.00383. The molecule has 1 aliphatic heterocycles. The van der Waals surface area contributed by atoms with Gasteiger partial charge < -0.3 is 14.2 Å². The van der Waals surface area contributed by atoms with Gasteiger partial charge >= 0.3 is 5.97 Å². The highest BCUT2D eigenvalue weighted by molar-refractivity contribution is 6.00. The molecule has 0 aromatic heterocycles. The number of ether oxygens (including phenoxy) is 3. The molecule has 0 saturated carbocycles. The topological polar surface area (TPSA) is 78.9 Å². The van der Waals surface area contributed by atoms with Crippen molar-refractivity contribution in [3.8, 4) is 11.5 Å². The first kappa shape index (κ1) is 20.6. The third kappa shape index (κ3) is 5.44. The molecule has 2 aromatic rings. The van der Waals surface area contributed by atoms with Crippen LogP contribution in [0.1, 0.15) is 51.1 Å². The van der Waals surface area contributed by atoms with Crippen LogP contribution in [0.3, 0.4) is 0 Å². The minimum atomic E-state index is -0.577. The minimum Gasteiger partial charge on any atom is -0.490 e. The van der Waals surface area contributed by atoms with Crippen molar-refractivity contribution in [2.75, 3.05) is 19.8 Å². The first-order chi connectivity index (χ1) is 13.9. The molecule has 0 N–H and O–H groups in total. The number of carbonyl (C=O) groups is 3. The molecule has 6 heteroatoms. The zero-order valence-electron chi connectivity index (χ0n) is 16.7. The number of fused-ring (bicyclic) bond motifs is 1. The van der Waals surface area contributed by atoms with Crippen LogP contribution in [0.15, 0.2) is 36.4 Å². The molecule has 0 aliphatic carbocycles. The summed E-state index contributed by atoms with van der Waals surface area (Å²) in [4.78, 5) is 36.6. The van der Waals surface area contributed by atoms with E-state index in [1.54, 1.807) is 24.3 Å². The number of rotatable bonds is 7. The Labute approximate surface area is 169 Å². The summed E-state index contributed by atoms with van der Waals surface area (Å²) in [5.74, 6) is 0.122. The van der Waals surface area contributed by atoms with Crippen molar-refractivity contribution < 1.29 is 28.6 Å². The average molecular weight is 396 g/mol. The molecular formula is C23H24O6. The molecule has 152 valence electrons. The molecule has 29 heavy (non-hydrogen) atoms. The van der Waals surface area contributed by atoms with Crippen LogP contribution in [0, 0.1) is 13.8 Å². The van der Waals surface area contributed by atoms with Crippen molar-refractivity contribution in [3.63, 3.8) is 0 Å². The molecule has 6 nitrogen and oxygen atoms in total. The molecule has 0 spiro atoms. The lowest BCUT2D eigenvalue weighted by Crippen LogP contribution is -2.16. The third-order valence-corrected chi connectivity index (χ3v) is 4.68. The fourth-order valence-corrected chi connectivity index (χ4v) is 3.03. The van der Waals surface area contributed by atoms with Crippen molar-refractivity contribution in [1.29, 1.82) is 0 Å². The molecule has 0 bridgehead atoms. The van der Waals surface area contributed by atoms with Crippen LogP contribution in [0.25, 0.3) is 0 Å². The fourth-order valence-electron chi connectivity index (χ4n) is 3.03. The summed E-state index contributed by atoms with van der Waals surface area (Å²) in [5.41, 5.74) is 2.79. The number of esters is 1. The molecular weight excluding hydrogens is 372 g/mol. The van der Waals surface area contributed by atoms with Crippen LogP contribution in [0.2, 0.25) is 0 Å². The van der Waals surface area contributed by atoms with Crippen molar-refractivity contribution in [2.45, 2.75) is 33.1 Å². The van der Waals surface area contributed by atoms with Gasteiger partial charge in [0.05, 0.1) is 19.6 Å². The van der Waals surface area contributed by atoms with Gasteiger partial charge in [0, 0.05) is 24.0 Å². The van der Waals surface area contributed by atoms with Gasteiger partial charge in [-0.05, 0) is 43.7 Å². The Bertz CT molecular complexity index is 931. The Kier molecular flexibility index (Phi) is 6.65. The van der Waals surface area contributed by atoms with E-state index in [4.69, 9.17) is 14.2 Å². The molecule has 3 rings (SSSR count). The van der Waals surface area contributed by atoms with Gasteiger partial charge in [0.1, 0.15) is 0 Å². The number of hydrogen-bond donors (Lipinski definition) is 0. The number of ketones is 2. The van der Waals surface area contributed by atoms with Gasteiger partial charge in [-0.2, -0.15) is 0 Å². The van der Waals surface area contributed by atoms with E-state index in [0.29, 0.717) is 35.8 Å². The molecule has 0 unspecified atom stereocenters. The van der Waals surface area contributed by atoms with Gasteiger partial charge in [-0.3, -0.25) is 14.4 Å². The third-order valence-electron chi connectivity index (χ3n) is 4.68. The molecule has 2 aromatic carbocycles. The monoisotopic (exact) mass is 396 g/mol. The summed E-state index contributed by atoms with van der Waals surface area (Å²) in [6.07, 6.45) is 0.689. The molecule has 0 radical (unpaired) electrons. The average Bonchev–Trinajstić information content (AvgIpc) is 2.96. The second kappa shape index (κ2) is 9.37. The lowest BCUT2D eigenvalue weighted by atomic mass is 10.0. The van der Waals surface area contributed by atoms with E-state index in [0.717, 1.165) is 17.5 Å². The second-order valence-corrected chi connectivity index (χ2v) is 7.04. The predicted molar refractivity (Wildman–Crippen MR) is 107 cm³/mol. The summed E-state index contributed by atoms with van der Waals surface area (Å²) >= 11 is 0. The SMILES string of the molecule is Cc1ccc(C)c(C(=O)COC(=O)CCC(=O)c2ccc3c(c2)OCCCO3)c1. The normalized spacial score (nSPS) is 12.8. The van der Waals surface area contributed by atoms with Crippen molar-refractivity contribution in [1.82, 2.24) is 0 Å². The van der Waals surface area contributed by atoms with E-state index in [1.165, 1.54) is 0 Å². The second-order valence-electron chi connectivity index (χ2n) is 7.04. The lowest BCUT2D eigenvalue weighted by molar-refractivity contribution is -0.142. The number of aryl methyl sites for hydroxylation is 2. The number of carbonyl (C=O) groups excluding carboxylic acids is 3. The van der Waals surface area contributed by atoms with E-state index in [2.05, 4.69) is 0 Å². The summed E-state index contributed by atoms with van der Waals surface area (Å²) in [6.45, 7) is 4.51. The largest absolute Gasteiger partial charge is 0.490 e. The van der Waals surface area contributed by atoms with E-state index >= 15 is 0 Å². The first-order valence-electron chi connectivity index (χ1n) is 9.63. The highest BCUT2D eigenvalue weighted by Gasteiger charge is 2.17. The van der Waals surface area contributed by atoms with Gasteiger partial charge in [0.25, 0.3) is 0 Å². The Morgan fingerprint density at radius 3 is 2.45 bits per heavy atom. The van der Waals surface area contributed by atoms with Crippen LogP contribution in [-0.2, 0) is 9.53 Å². The maximum Gasteiger partial charge on any atom is 0.306 e. The van der Waals surface area contributed by atoms with E-state index in [-0.39, 0.29) is 31.0 Å². The zero-order valence-corrected chi connectivity index (χ0v) is 16.7. The van der Waals surface area contributed by atoms with Crippen LogP contribution in [0.5, 0.6) is 11.5 Å². The zero-order chi connectivity index (χ0) is 20.8. The maximum absolute atomic E-state index is 12.4. The smallest absolute Gasteiger partial charge is 0.306 e. The lowest BCUT2D eigenvalue weighted by Gasteiger charge is -2.09. The van der Waals surface area contributed by atoms with Crippen LogP contribution < -0.4 is 9.47 Å². The Morgan fingerprint density at radius 1 is 0.897 bits per heavy atom. The van der Waals surface area contributed by atoms with Gasteiger partial charge in [-0.1, -0.05) is 17.7 Å². The molecule has 0 fully saturated rings. The van der Waals surface area contributed by atoms with Gasteiger partial charge in [-0.25, -0.2) is 0 Å². The first-order valence-corrected chi connectivity index (χ1v) is 9.63. The molecule has 1 aliphatic rings. The van der Waals surface area contributed by atoms with Crippen molar-refractivity contribution in [3.05, 3.63) is 58.7 Å². The highest BCUT2D eigenvalue weighted by atomic mass is 16.5. The fraction of sp³-hybridized carbons (Fsp3) is 0.348. The predicted octanol–water partition coefficient (Wildman–Crippen LogP) is 3.85. The Hall–Kier alpha value is -3.15. The highest BCUT2D eigenvalue weighted by Crippen LogP contribution is 2.30. The van der Waals surface area contributed by atoms with Crippen LogP contribution in [-0.4, -0.2) is 37.4 Å². The summed E-state index contributed by atoms with van der Waals surface area (Å²) in [5, 5.41) is 0. The van der Waals surface area contributed by atoms with Crippen LogP contribution >= 0.6 is 0 Å². The van der Waals surface area contributed by atoms with Crippen molar-refractivity contribution >= 4 is 17.5 Å². The summed E-state index contributed by atoms with van der Waals surface area (Å²) < 4.78 is 16.2. The van der Waals surface area contributed by atoms with E-state index in [1.807, 2.05) is 26.0 Å². The quantitative estimate of drug-likeness (QED) is 0.522. The molecule has 0 atom stereocenters. The van der Waals surface area contributed by atoms with Gasteiger partial charge in [0.2, 0.25) is 5.78 Å². The maximum atomic E-state index is 12.4. The molecule has 1 heterocycles. The Morgan fingerprint density at radius 2 is 1.66 bits per heavy atom. The summed E-state index contributed by atoms with van der Waals surface area (Å²) in [7, 11) is 0. The van der Waals surface area contributed by atoms with Crippen LogP contribution in [0.4, 0.5) is 0 Å². The standard InChI is InChI=1S/C23H24O6/c1-15-4-5-16(2)18(12-15)20(25)14-29-23(26)9-7-19(24)17-6-8-21-22(13-17)28-11-3-10-27-21/h4-6,8,12-13H,3,7,9-11,14H2,1-2H3.